The van der Waals surface area contributed by atoms with Crippen LogP contribution in [0, 0.1) is 0 Å². The summed E-state index contributed by atoms with van der Waals surface area (Å²) in [5.41, 5.74) is 0. The van der Waals surface area contributed by atoms with Gasteiger partial charge in [-0.25, -0.2) is 0 Å². The molecule has 0 radical (unpaired) electrons. The highest BCUT2D eigenvalue weighted by Gasteiger charge is 1.98. The molecule has 0 fully saturated rings. The van der Waals surface area contributed by atoms with Crippen molar-refractivity contribution in [1.82, 2.24) is 0 Å². The number of hydrogen-bond donors (Lipinski definition) is 1. The van der Waals surface area contributed by atoms with Crippen LogP contribution >= 0.6 is 0 Å². The van der Waals surface area contributed by atoms with Gasteiger partial charge in [-0.3, -0.25) is 4.79 Å². The molecule has 0 aromatic heterocycles. The number of carbonyl (C=O) groups is 1. The summed E-state index contributed by atoms with van der Waals surface area (Å²) >= 11 is 0. The van der Waals surface area contributed by atoms with E-state index < -0.39 is 0 Å². The Balaban J connectivity index is 0. The second-order valence-corrected chi connectivity index (χ2v) is 3.69. The Hall–Kier alpha value is -0.570. The molecular formula is C13H28O3. The Morgan fingerprint density at radius 1 is 1.00 bits per heavy atom. The molecule has 0 aliphatic heterocycles. The van der Waals surface area contributed by atoms with Crippen molar-refractivity contribution < 1.29 is 14.6 Å². The van der Waals surface area contributed by atoms with Crippen molar-refractivity contribution in [1.29, 1.82) is 0 Å². The summed E-state index contributed by atoms with van der Waals surface area (Å²) < 4.78 is 4.67. The van der Waals surface area contributed by atoms with E-state index in [1.165, 1.54) is 25.7 Å². The van der Waals surface area contributed by atoms with E-state index in [4.69, 9.17) is 5.11 Å². The van der Waals surface area contributed by atoms with E-state index in [0.29, 0.717) is 19.4 Å². The lowest BCUT2D eigenvalue weighted by Crippen LogP contribution is -2.03. The van der Waals surface area contributed by atoms with E-state index in [0.717, 1.165) is 6.42 Å². The number of hydrogen-bond acceptors (Lipinski definition) is 3. The summed E-state index contributed by atoms with van der Waals surface area (Å²) in [4.78, 5) is 10.6. The lowest BCUT2D eigenvalue weighted by Gasteiger charge is -1.98. The molecule has 0 heterocycles. The van der Waals surface area contributed by atoms with E-state index in [-0.39, 0.29) is 12.6 Å². The molecule has 0 amide bonds. The van der Waals surface area contributed by atoms with Crippen LogP contribution in [-0.2, 0) is 9.53 Å². The van der Waals surface area contributed by atoms with Crippen LogP contribution < -0.4 is 0 Å². The normalized spacial score (nSPS) is 9.25. The maximum absolute atomic E-state index is 10.6. The van der Waals surface area contributed by atoms with Gasteiger partial charge in [-0.1, -0.05) is 39.5 Å². The van der Waals surface area contributed by atoms with Gasteiger partial charge in [-0.05, 0) is 19.8 Å². The van der Waals surface area contributed by atoms with Gasteiger partial charge in [0.2, 0.25) is 0 Å². The molecule has 3 heteroatoms. The Kier molecular flexibility index (Phi) is 18.8. The van der Waals surface area contributed by atoms with Gasteiger partial charge in [0.1, 0.15) is 0 Å². The molecule has 98 valence electrons. The number of unbranched alkanes of at least 4 members (excludes halogenated alkanes) is 4. The first-order valence-electron chi connectivity index (χ1n) is 6.49. The summed E-state index contributed by atoms with van der Waals surface area (Å²) in [7, 11) is 0. The predicted octanol–water partition coefficient (Wildman–Crippen LogP) is 3.30. The highest BCUT2D eigenvalue weighted by molar-refractivity contribution is 5.69. The summed E-state index contributed by atoms with van der Waals surface area (Å²) in [6.45, 7) is 6.84. The van der Waals surface area contributed by atoms with E-state index in [1.807, 2.05) is 0 Å². The Morgan fingerprint density at radius 3 is 1.94 bits per heavy atom. The largest absolute Gasteiger partial charge is 0.466 e. The number of aliphatic hydroxyl groups is 1. The molecule has 0 bridgehead atoms. The third kappa shape index (κ3) is 19.1. The fourth-order valence-corrected chi connectivity index (χ4v) is 1.11. The van der Waals surface area contributed by atoms with Crippen molar-refractivity contribution in [3.63, 3.8) is 0 Å². The molecule has 0 aromatic rings. The van der Waals surface area contributed by atoms with Crippen LogP contribution in [0.15, 0.2) is 0 Å². The molecule has 3 nitrogen and oxygen atoms in total. The number of ether oxygens (including phenoxy) is 1. The van der Waals surface area contributed by atoms with Crippen LogP contribution in [0.4, 0.5) is 0 Å². The SMILES string of the molecule is CCCCCC.CCOC(=O)CCCCO. The number of carbonyl (C=O) groups excluding carboxylic acids is 1. The molecule has 16 heavy (non-hydrogen) atoms. The highest BCUT2D eigenvalue weighted by atomic mass is 16.5. The molecule has 0 aromatic carbocycles. The third-order valence-corrected chi connectivity index (χ3v) is 2.05. The van der Waals surface area contributed by atoms with Crippen LogP contribution in [0.2, 0.25) is 0 Å². The second kappa shape index (κ2) is 16.8. The summed E-state index contributed by atoms with van der Waals surface area (Å²) in [5, 5.41) is 8.36. The van der Waals surface area contributed by atoms with E-state index in [2.05, 4.69) is 18.6 Å². The quantitative estimate of drug-likeness (QED) is 0.516. The predicted molar refractivity (Wildman–Crippen MR) is 67.4 cm³/mol. The average Bonchev–Trinajstić information content (AvgIpc) is 2.28. The summed E-state index contributed by atoms with van der Waals surface area (Å²) in [6, 6.07) is 0. The van der Waals surface area contributed by atoms with Crippen molar-refractivity contribution in [2.75, 3.05) is 13.2 Å². The van der Waals surface area contributed by atoms with Gasteiger partial charge < -0.3 is 9.84 Å². The maximum atomic E-state index is 10.6. The fraction of sp³-hybridized carbons (Fsp3) is 0.923. The first-order valence-corrected chi connectivity index (χ1v) is 6.49. The molecule has 0 atom stereocenters. The summed E-state index contributed by atoms with van der Waals surface area (Å²) in [5.74, 6) is -0.170. The topological polar surface area (TPSA) is 46.5 Å². The molecule has 0 unspecified atom stereocenters. The minimum Gasteiger partial charge on any atom is -0.466 e. The lowest BCUT2D eigenvalue weighted by molar-refractivity contribution is -0.143. The van der Waals surface area contributed by atoms with E-state index in [9.17, 15) is 4.79 Å². The molecule has 0 spiro atoms. The second-order valence-electron chi connectivity index (χ2n) is 3.69. The average molecular weight is 232 g/mol. The third-order valence-electron chi connectivity index (χ3n) is 2.05. The van der Waals surface area contributed by atoms with Gasteiger partial charge in [0, 0.05) is 13.0 Å². The standard InChI is InChI=1S/C7H14O3.C6H14/c1-2-10-7(9)5-3-4-6-8;1-3-5-6-4-2/h8H,2-6H2,1H3;3-6H2,1-2H3. The van der Waals surface area contributed by atoms with E-state index in [1.54, 1.807) is 6.92 Å². The summed E-state index contributed by atoms with van der Waals surface area (Å²) in [6.07, 6.45) is 7.36. The molecule has 0 aliphatic rings. The van der Waals surface area contributed by atoms with Crippen LogP contribution in [0.3, 0.4) is 0 Å². The first kappa shape index (κ1) is 17.8. The number of esters is 1. The molecule has 0 rings (SSSR count). The lowest BCUT2D eigenvalue weighted by atomic mass is 10.2. The molecule has 0 aliphatic carbocycles. The monoisotopic (exact) mass is 232 g/mol. The van der Waals surface area contributed by atoms with Crippen LogP contribution in [0.1, 0.15) is 65.7 Å². The van der Waals surface area contributed by atoms with Gasteiger partial charge in [0.15, 0.2) is 0 Å². The van der Waals surface area contributed by atoms with Crippen molar-refractivity contribution >= 4 is 5.97 Å². The first-order chi connectivity index (χ1) is 7.72. The van der Waals surface area contributed by atoms with Crippen LogP contribution in [0.25, 0.3) is 0 Å². The van der Waals surface area contributed by atoms with Crippen molar-refractivity contribution in [2.24, 2.45) is 0 Å². The van der Waals surface area contributed by atoms with Crippen molar-refractivity contribution in [3.8, 4) is 0 Å². The zero-order valence-corrected chi connectivity index (χ0v) is 11.1. The maximum Gasteiger partial charge on any atom is 0.305 e. The minimum atomic E-state index is -0.170. The Bertz CT molecular complexity index is 131. The van der Waals surface area contributed by atoms with Crippen LogP contribution in [-0.4, -0.2) is 24.3 Å². The number of aliphatic hydroxyl groups excluding tert-OH is 1. The van der Waals surface area contributed by atoms with Crippen LogP contribution in [0.5, 0.6) is 0 Å². The van der Waals surface area contributed by atoms with Gasteiger partial charge in [0.25, 0.3) is 0 Å². The fourth-order valence-electron chi connectivity index (χ4n) is 1.11. The zero-order valence-electron chi connectivity index (χ0n) is 11.1. The molecule has 0 saturated heterocycles. The Morgan fingerprint density at radius 2 is 1.56 bits per heavy atom. The molecule has 1 N–H and O–H groups in total. The van der Waals surface area contributed by atoms with Gasteiger partial charge in [0.05, 0.1) is 6.61 Å². The smallest absolute Gasteiger partial charge is 0.305 e. The van der Waals surface area contributed by atoms with Gasteiger partial charge in [-0.2, -0.15) is 0 Å². The van der Waals surface area contributed by atoms with Crippen molar-refractivity contribution in [2.45, 2.75) is 65.7 Å². The minimum absolute atomic E-state index is 0.152. The molecule has 0 saturated carbocycles. The number of rotatable bonds is 8. The Labute approximate surface area is 100 Å². The molecular weight excluding hydrogens is 204 g/mol. The zero-order chi connectivity index (χ0) is 12.6. The highest BCUT2D eigenvalue weighted by Crippen LogP contribution is 1.96. The van der Waals surface area contributed by atoms with Gasteiger partial charge >= 0.3 is 5.97 Å². The van der Waals surface area contributed by atoms with E-state index >= 15 is 0 Å². The van der Waals surface area contributed by atoms with Crippen molar-refractivity contribution in [3.05, 3.63) is 0 Å². The van der Waals surface area contributed by atoms with Gasteiger partial charge in [-0.15, -0.1) is 0 Å².